The molecule has 0 fully saturated rings. The fraction of sp³-hybridized carbons (Fsp3) is 0. The monoisotopic (exact) mass is 319 g/mol. The molecule has 2 aromatic carbocycles. The minimum absolute atomic E-state index is 0.0793. The van der Waals surface area contributed by atoms with Crippen LogP contribution in [0.4, 0.5) is 10.1 Å². The first-order chi connectivity index (χ1) is 10.6. The molecule has 0 radical (unpaired) electrons. The highest BCUT2D eigenvalue weighted by Gasteiger charge is 2.14. The van der Waals surface area contributed by atoms with Gasteiger partial charge in [0.2, 0.25) is 0 Å². The lowest BCUT2D eigenvalue weighted by Gasteiger charge is -2.04. The second kappa shape index (κ2) is 7.33. The minimum Gasteiger partial charge on any atom is -0.315 e. The van der Waals surface area contributed by atoms with Gasteiger partial charge in [-0.3, -0.25) is 9.59 Å². The van der Waals surface area contributed by atoms with Gasteiger partial charge in [-0.05, 0) is 29.8 Å². The summed E-state index contributed by atoms with van der Waals surface area (Å²) in [5.41, 5.74) is 2.66. The number of nitrogens with one attached hydrogen (secondary N) is 2. The van der Waals surface area contributed by atoms with Crippen LogP contribution < -0.4 is 10.7 Å². The van der Waals surface area contributed by atoms with Crippen LogP contribution in [-0.2, 0) is 9.59 Å². The zero-order chi connectivity index (χ0) is 15.9. The number of hydrogen-bond acceptors (Lipinski definition) is 3. The second-order valence-corrected chi connectivity index (χ2v) is 4.62. The van der Waals surface area contributed by atoms with E-state index in [4.69, 9.17) is 11.6 Å². The summed E-state index contributed by atoms with van der Waals surface area (Å²) in [6, 6.07) is 12.2. The number of benzene rings is 2. The third-order valence-electron chi connectivity index (χ3n) is 2.58. The Kier molecular flexibility index (Phi) is 5.21. The average molecular weight is 320 g/mol. The van der Waals surface area contributed by atoms with Crippen LogP contribution in [0.1, 0.15) is 5.56 Å². The summed E-state index contributed by atoms with van der Waals surface area (Å²) in [5.74, 6) is -2.65. The highest BCUT2D eigenvalue weighted by molar-refractivity contribution is 6.39. The van der Waals surface area contributed by atoms with Crippen LogP contribution in [0.5, 0.6) is 0 Å². The van der Waals surface area contributed by atoms with E-state index < -0.39 is 17.6 Å². The first kappa shape index (κ1) is 15.7. The molecule has 22 heavy (non-hydrogen) atoms. The summed E-state index contributed by atoms with van der Waals surface area (Å²) in [6.07, 6.45) is 1.35. The Hall–Kier alpha value is -2.73. The topological polar surface area (TPSA) is 70.6 Å². The quantitative estimate of drug-likeness (QED) is 0.518. The van der Waals surface area contributed by atoms with Crippen molar-refractivity contribution in [1.29, 1.82) is 0 Å². The van der Waals surface area contributed by atoms with Crippen molar-refractivity contribution in [3.8, 4) is 0 Å². The first-order valence-corrected chi connectivity index (χ1v) is 6.58. The molecule has 0 atom stereocenters. The molecule has 0 bridgehead atoms. The average Bonchev–Trinajstić information content (AvgIpc) is 2.51. The van der Waals surface area contributed by atoms with Crippen molar-refractivity contribution in [2.24, 2.45) is 5.10 Å². The van der Waals surface area contributed by atoms with Crippen molar-refractivity contribution in [2.75, 3.05) is 5.32 Å². The number of halogens is 2. The number of hydrazone groups is 1. The van der Waals surface area contributed by atoms with E-state index in [1.165, 1.54) is 30.5 Å². The molecular weight excluding hydrogens is 309 g/mol. The lowest BCUT2D eigenvalue weighted by atomic mass is 10.2. The smallest absolute Gasteiger partial charge is 0.315 e. The van der Waals surface area contributed by atoms with E-state index in [0.717, 1.165) is 0 Å². The number of nitrogens with zero attached hydrogens (tertiary/aromatic N) is 1. The number of anilines is 1. The normalized spacial score (nSPS) is 10.5. The molecule has 112 valence electrons. The van der Waals surface area contributed by atoms with Crippen molar-refractivity contribution in [2.45, 2.75) is 0 Å². The maximum atomic E-state index is 13.3. The number of para-hydroxylation sites is 1. The third kappa shape index (κ3) is 4.39. The van der Waals surface area contributed by atoms with Crippen molar-refractivity contribution in [1.82, 2.24) is 5.43 Å². The SMILES string of the molecule is O=C(N/N=C\c1ccc(Cl)cc1)C(=O)Nc1ccccc1F. The molecule has 7 heteroatoms. The molecule has 0 aromatic heterocycles. The highest BCUT2D eigenvalue weighted by Crippen LogP contribution is 2.11. The molecule has 0 aliphatic heterocycles. The highest BCUT2D eigenvalue weighted by atomic mass is 35.5. The molecule has 0 aliphatic rings. The number of carbonyl (C=O) groups is 2. The van der Waals surface area contributed by atoms with E-state index in [2.05, 4.69) is 10.4 Å². The number of amides is 2. The summed E-state index contributed by atoms with van der Waals surface area (Å²) in [6.45, 7) is 0. The predicted molar refractivity (Wildman–Crippen MR) is 82.2 cm³/mol. The van der Waals surface area contributed by atoms with E-state index in [-0.39, 0.29) is 5.69 Å². The van der Waals surface area contributed by atoms with Gasteiger partial charge < -0.3 is 5.32 Å². The minimum atomic E-state index is -1.02. The molecule has 0 aliphatic carbocycles. The summed E-state index contributed by atoms with van der Waals surface area (Å²) < 4.78 is 13.3. The Morgan fingerprint density at radius 1 is 1.05 bits per heavy atom. The zero-order valence-corrected chi connectivity index (χ0v) is 12.0. The van der Waals surface area contributed by atoms with E-state index in [1.807, 2.05) is 5.43 Å². The standard InChI is InChI=1S/C15H11ClFN3O2/c16-11-7-5-10(6-8-11)9-18-20-15(22)14(21)19-13-4-2-1-3-12(13)17/h1-9H,(H,19,21)(H,20,22)/b18-9-. The van der Waals surface area contributed by atoms with Gasteiger partial charge >= 0.3 is 11.8 Å². The Morgan fingerprint density at radius 3 is 2.41 bits per heavy atom. The number of hydrogen-bond donors (Lipinski definition) is 2. The van der Waals surface area contributed by atoms with Gasteiger partial charge in [0.1, 0.15) is 5.82 Å². The summed E-state index contributed by atoms with van der Waals surface area (Å²) in [4.78, 5) is 23.1. The molecule has 2 N–H and O–H groups in total. The first-order valence-electron chi connectivity index (χ1n) is 6.21. The van der Waals surface area contributed by atoms with Crippen LogP contribution >= 0.6 is 11.6 Å². The second-order valence-electron chi connectivity index (χ2n) is 4.18. The summed E-state index contributed by atoms with van der Waals surface area (Å²) >= 11 is 5.73. The van der Waals surface area contributed by atoms with Gasteiger partial charge in [0.15, 0.2) is 0 Å². The molecule has 2 aromatic rings. The van der Waals surface area contributed by atoms with E-state index in [1.54, 1.807) is 24.3 Å². The Bertz CT molecular complexity index is 717. The molecule has 2 amide bonds. The van der Waals surface area contributed by atoms with Gasteiger partial charge in [-0.1, -0.05) is 35.9 Å². The summed E-state index contributed by atoms with van der Waals surface area (Å²) in [5, 5.41) is 6.36. The van der Waals surface area contributed by atoms with Crippen LogP contribution in [0.3, 0.4) is 0 Å². The lowest BCUT2D eigenvalue weighted by Crippen LogP contribution is -2.32. The van der Waals surface area contributed by atoms with Crippen LogP contribution in [-0.4, -0.2) is 18.0 Å². The molecule has 0 saturated heterocycles. The lowest BCUT2D eigenvalue weighted by molar-refractivity contribution is -0.136. The van der Waals surface area contributed by atoms with Crippen LogP contribution in [0.15, 0.2) is 53.6 Å². The largest absolute Gasteiger partial charge is 0.329 e. The Labute approximate surface area is 130 Å². The van der Waals surface area contributed by atoms with Gasteiger partial charge in [0.05, 0.1) is 11.9 Å². The number of rotatable bonds is 3. The fourth-order valence-corrected chi connectivity index (χ4v) is 1.63. The Morgan fingerprint density at radius 2 is 1.73 bits per heavy atom. The molecular formula is C15H11ClFN3O2. The molecule has 2 rings (SSSR count). The Balaban J connectivity index is 1.90. The van der Waals surface area contributed by atoms with Gasteiger partial charge in [-0.25, -0.2) is 9.82 Å². The van der Waals surface area contributed by atoms with Crippen LogP contribution in [0.2, 0.25) is 5.02 Å². The summed E-state index contributed by atoms with van der Waals surface area (Å²) in [7, 11) is 0. The molecule has 0 unspecified atom stereocenters. The van der Waals surface area contributed by atoms with Crippen molar-refractivity contribution in [3.05, 3.63) is 64.9 Å². The van der Waals surface area contributed by atoms with Crippen molar-refractivity contribution < 1.29 is 14.0 Å². The molecule has 0 saturated carbocycles. The zero-order valence-electron chi connectivity index (χ0n) is 11.2. The fourth-order valence-electron chi connectivity index (χ4n) is 1.51. The number of carbonyl (C=O) groups excluding carboxylic acids is 2. The van der Waals surface area contributed by atoms with Gasteiger partial charge in [-0.2, -0.15) is 5.10 Å². The maximum absolute atomic E-state index is 13.3. The molecule has 0 heterocycles. The third-order valence-corrected chi connectivity index (χ3v) is 2.83. The van der Waals surface area contributed by atoms with Gasteiger partial charge in [0, 0.05) is 5.02 Å². The van der Waals surface area contributed by atoms with Crippen LogP contribution in [0.25, 0.3) is 0 Å². The van der Waals surface area contributed by atoms with E-state index in [9.17, 15) is 14.0 Å². The van der Waals surface area contributed by atoms with E-state index in [0.29, 0.717) is 10.6 Å². The molecule has 5 nitrogen and oxygen atoms in total. The van der Waals surface area contributed by atoms with Gasteiger partial charge in [0.25, 0.3) is 0 Å². The van der Waals surface area contributed by atoms with Crippen molar-refractivity contribution in [3.63, 3.8) is 0 Å². The molecule has 0 spiro atoms. The maximum Gasteiger partial charge on any atom is 0.329 e. The predicted octanol–water partition coefficient (Wildman–Crippen LogP) is 2.57. The van der Waals surface area contributed by atoms with Crippen molar-refractivity contribution >= 4 is 35.3 Å². The van der Waals surface area contributed by atoms with E-state index >= 15 is 0 Å². The van der Waals surface area contributed by atoms with Gasteiger partial charge in [-0.15, -0.1) is 0 Å². The van der Waals surface area contributed by atoms with Crippen LogP contribution in [0, 0.1) is 5.82 Å².